The van der Waals surface area contributed by atoms with Crippen LogP contribution in [0.3, 0.4) is 0 Å². The fourth-order valence-electron chi connectivity index (χ4n) is 4.94. The molecule has 9 heteroatoms. The van der Waals surface area contributed by atoms with Crippen LogP contribution in [0.1, 0.15) is 128 Å². The average molecular weight is 638 g/mol. The number of aliphatic hydroxyl groups excluding tert-OH is 2. The van der Waals surface area contributed by atoms with Gasteiger partial charge in [0.05, 0.1) is 24.4 Å². The number of aldehydes is 1. The van der Waals surface area contributed by atoms with Gasteiger partial charge in [-0.05, 0) is 67.0 Å². The molecule has 9 nitrogen and oxygen atoms in total. The molecule has 0 aromatic rings. The Morgan fingerprint density at radius 1 is 1.07 bits per heavy atom. The van der Waals surface area contributed by atoms with Gasteiger partial charge in [-0.3, -0.25) is 4.79 Å². The molecule has 6 unspecified atom stereocenters. The predicted molar refractivity (Wildman–Crippen MR) is 183 cm³/mol. The highest BCUT2D eigenvalue weighted by molar-refractivity contribution is 5.83. The Kier molecular flexibility index (Phi) is 32.1. The van der Waals surface area contributed by atoms with Crippen molar-refractivity contribution in [2.24, 2.45) is 17.8 Å². The Labute approximate surface area is 272 Å². The van der Waals surface area contributed by atoms with E-state index in [1.54, 1.807) is 14.0 Å². The number of aliphatic hydroxyl groups is 3. The molecule has 1 aliphatic heterocycles. The number of carbonyl (C=O) groups excluding carboxylic acids is 2. The van der Waals surface area contributed by atoms with E-state index >= 15 is 0 Å². The van der Waals surface area contributed by atoms with Crippen LogP contribution in [-0.4, -0.2) is 103 Å². The Balaban J connectivity index is -0.000000364. The van der Waals surface area contributed by atoms with Crippen LogP contribution in [-0.2, 0) is 23.8 Å². The molecule has 0 aromatic heterocycles. The van der Waals surface area contributed by atoms with Crippen LogP contribution in [0.25, 0.3) is 0 Å². The minimum absolute atomic E-state index is 0.0216. The van der Waals surface area contributed by atoms with Gasteiger partial charge in [0, 0.05) is 44.4 Å². The first-order valence-electron chi connectivity index (χ1n) is 16.9. The highest BCUT2D eigenvalue weighted by Crippen LogP contribution is 2.30. The minimum atomic E-state index is -1.49. The van der Waals surface area contributed by atoms with Gasteiger partial charge in [0.1, 0.15) is 17.7 Å². The Bertz CT molecular complexity index is 665. The number of rotatable bonds is 15. The first-order chi connectivity index (χ1) is 20.4. The lowest BCUT2D eigenvalue weighted by atomic mass is 9.79. The molecule has 44 heavy (non-hydrogen) atoms. The number of ketones is 1. The molecule has 0 spiro atoms. The van der Waals surface area contributed by atoms with Crippen molar-refractivity contribution in [1.82, 2.24) is 4.90 Å². The zero-order chi connectivity index (χ0) is 35.7. The fraction of sp³-hybridized carbons (Fsp3) is 0.943. The van der Waals surface area contributed by atoms with E-state index in [4.69, 9.17) is 14.2 Å². The number of nitrogens with zero attached hydrogens (tertiary/aromatic N) is 1. The molecule has 9 atom stereocenters. The molecular weight excluding hydrogens is 562 g/mol. The van der Waals surface area contributed by atoms with Crippen molar-refractivity contribution in [1.29, 1.82) is 0 Å². The lowest BCUT2D eigenvalue weighted by Gasteiger charge is -2.35. The fourth-order valence-corrected chi connectivity index (χ4v) is 4.94. The second-order valence-electron chi connectivity index (χ2n) is 12.4. The van der Waals surface area contributed by atoms with Gasteiger partial charge in [0.2, 0.25) is 0 Å². The van der Waals surface area contributed by atoms with Crippen LogP contribution in [0.5, 0.6) is 0 Å². The molecular formula is C35H75NO8. The molecule has 0 radical (unpaired) electrons. The van der Waals surface area contributed by atoms with Gasteiger partial charge in [-0.15, -0.1) is 0 Å². The van der Waals surface area contributed by atoms with Gasteiger partial charge in [-0.25, -0.2) is 0 Å². The molecule has 1 heterocycles. The summed E-state index contributed by atoms with van der Waals surface area (Å²) in [5.41, 5.74) is -1.96. The molecule has 3 N–H and O–H groups in total. The number of Topliss-reactive ketones (excluding diaryl/α,β-unsaturated/α-hetero) is 1. The van der Waals surface area contributed by atoms with E-state index in [1.807, 2.05) is 69.5 Å². The molecule has 0 bridgehead atoms. The van der Waals surface area contributed by atoms with Crippen molar-refractivity contribution in [3.63, 3.8) is 0 Å². The maximum atomic E-state index is 12.7. The van der Waals surface area contributed by atoms with Gasteiger partial charge in [-0.2, -0.15) is 0 Å². The molecule has 1 saturated heterocycles. The highest BCUT2D eigenvalue weighted by atomic mass is 16.6. The Morgan fingerprint density at radius 3 is 1.95 bits per heavy atom. The normalized spacial score (nSPS) is 23.0. The van der Waals surface area contributed by atoms with E-state index in [0.717, 1.165) is 38.4 Å². The van der Waals surface area contributed by atoms with E-state index < -0.39 is 29.5 Å². The van der Waals surface area contributed by atoms with E-state index in [1.165, 1.54) is 20.5 Å². The van der Waals surface area contributed by atoms with Gasteiger partial charge in [0.25, 0.3) is 0 Å². The van der Waals surface area contributed by atoms with Crippen molar-refractivity contribution in [2.75, 3.05) is 34.9 Å². The number of hydrogen-bond donors (Lipinski definition) is 3. The zero-order valence-electron chi connectivity index (χ0n) is 31.6. The van der Waals surface area contributed by atoms with Crippen LogP contribution in [0.4, 0.5) is 0 Å². The topological polar surface area (TPSA) is 126 Å². The monoisotopic (exact) mass is 638 g/mol. The van der Waals surface area contributed by atoms with Crippen molar-refractivity contribution in [3.8, 4) is 0 Å². The quantitative estimate of drug-likeness (QED) is 0.178. The number of hydrogen-bond acceptors (Lipinski definition) is 9. The van der Waals surface area contributed by atoms with Gasteiger partial charge in [-0.1, -0.05) is 68.7 Å². The second kappa shape index (κ2) is 28.3. The van der Waals surface area contributed by atoms with Crippen LogP contribution in [0, 0.1) is 17.8 Å². The maximum Gasteiger partial charge on any atom is 0.156 e. The van der Waals surface area contributed by atoms with Crippen LogP contribution < -0.4 is 0 Å². The summed E-state index contributed by atoms with van der Waals surface area (Å²) in [4.78, 5) is 25.6. The summed E-state index contributed by atoms with van der Waals surface area (Å²) in [6.07, 6.45) is 5.26. The van der Waals surface area contributed by atoms with Crippen LogP contribution >= 0.6 is 0 Å². The third-order valence-corrected chi connectivity index (χ3v) is 7.51. The molecule has 1 rings (SSSR count). The number of methoxy groups -OCH3 is 2. The Morgan fingerprint density at radius 2 is 1.57 bits per heavy atom. The van der Waals surface area contributed by atoms with Crippen molar-refractivity contribution < 1.29 is 39.1 Å². The highest BCUT2D eigenvalue weighted by Gasteiger charge is 2.40. The summed E-state index contributed by atoms with van der Waals surface area (Å²) in [6.45, 7) is 23.0. The zero-order valence-corrected chi connectivity index (χ0v) is 31.6. The molecule has 1 fully saturated rings. The van der Waals surface area contributed by atoms with Crippen LogP contribution in [0.2, 0.25) is 0 Å². The first-order valence-corrected chi connectivity index (χ1v) is 16.9. The summed E-state index contributed by atoms with van der Waals surface area (Å²) < 4.78 is 15.8. The number of carbonyl (C=O) groups is 2. The molecule has 0 aromatic carbocycles. The third-order valence-electron chi connectivity index (χ3n) is 7.51. The first kappa shape index (κ1) is 49.9. The smallest absolute Gasteiger partial charge is 0.156 e. The standard InChI is InChI=1S/C20H38O6.C8H17NO2.C3H8.2C2H6/c1-14(12-21)9-8-10-19(4,26-7)11-15(2)17(22)16(3)18(23)20(5,24)13-25-6;1-6-4-7(9(2)3)5-8(10)11-6;1-3-2;2*1-2/h12,14-16,18,23-24H,8-11,13H2,1-7H3;6-8,10H,4-5H2,1-3H3;3H2,1-2H3;2*1-2H3/t14?,15-,16?,18?,19+,20-;;;;/m1..../s1. The van der Waals surface area contributed by atoms with E-state index in [2.05, 4.69) is 18.7 Å². The Hall–Kier alpha value is -0.940. The van der Waals surface area contributed by atoms with Crippen molar-refractivity contribution in [3.05, 3.63) is 0 Å². The third kappa shape index (κ3) is 22.5. The molecule has 268 valence electrons. The number of ether oxygens (including phenoxy) is 3. The van der Waals surface area contributed by atoms with E-state index in [0.29, 0.717) is 12.5 Å². The molecule has 0 aliphatic carbocycles. The predicted octanol–water partition coefficient (Wildman–Crippen LogP) is 6.29. The lowest BCUT2D eigenvalue weighted by Crippen LogP contribution is -2.50. The lowest BCUT2D eigenvalue weighted by molar-refractivity contribution is -0.172. The van der Waals surface area contributed by atoms with Crippen molar-refractivity contribution >= 4 is 12.1 Å². The van der Waals surface area contributed by atoms with Gasteiger partial charge in [0.15, 0.2) is 6.29 Å². The largest absolute Gasteiger partial charge is 0.389 e. The molecule has 0 amide bonds. The minimum Gasteiger partial charge on any atom is -0.389 e. The summed E-state index contributed by atoms with van der Waals surface area (Å²) in [5.74, 6) is -1.13. The maximum absolute atomic E-state index is 12.7. The SMILES string of the molecule is CC.CC.CC1CC(N(C)C)CC(O)O1.CCC.COC[C@@](C)(O)C(O)C(C)C(=O)[C@H](C)C[C@](C)(CCCC(C)C=O)OC. The molecule has 0 saturated carbocycles. The summed E-state index contributed by atoms with van der Waals surface area (Å²) in [6, 6.07) is 0.466. The average Bonchev–Trinajstić information content (AvgIpc) is 2.98. The van der Waals surface area contributed by atoms with E-state index in [-0.39, 0.29) is 30.3 Å². The van der Waals surface area contributed by atoms with Crippen LogP contribution in [0.15, 0.2) is 0 Å². The molecule has 1 aliphatic rings. The van der Waals surface area contributed by atoms with Crippen molar-refractivity contribution in [2.45, 2.75) is 164 Å². The summed E-state index contributed by atoms with van der Waals surface area (Å²) >= 11 is 0. The summed E-state index contributed by atoms with van der Waals surface area (Å²) in [7, 11) is 7.14. The van der Waals surface area contributed by atoms with Gasteiger partial charge >= 0.3 is 0 Å². The van der Waals surface area contributed by atoms with E-state index in [9.17, 15) is 24.9 Å². The van der Waals surface area contributed by atoms with Gasteiger partial charge < -0.3 is 39.2 Å². The summed E-state index contributed by atoms with van der Waals surface area (Å²) in [5, 5.41) is 29.9. The second-order valence-corrected chi connectivity index (χ2v) is 12.4.